The smallest absolute Gasteiger partial charge is 0.138 e. The Labute approximate surface area is 363 Å². The number of para-hydroxylation sites is 1. The van der Waals surface area contributed by atoms with Gasteiger partial charge in [0.05, 0.1) is 22.1 Å². The third-order valence-corrected chi connectivity index (χ3v) is 13.8. The average Bonchev–Trinajstić information content (AvgIpc) is 4.06. The molecule has 9 aromatic carbocycles. The maximum Gasteiger partial charge on any atom is 0.138 e. The third kappa shape index (κ3) is 4.76. The second kappa shape index (κ2) is 12.9. The van der Waals surface area contributed by atoms with Crippen LogP contribution in [0.5, 0.6) is 0 Å². The maximum absolute atomic E-state index is 6.92. The monoisotopic (exact) mass is 800 g/mol. The van der Waals surface area contributed by atoms with Gasteiger partial charge in [-0.05, 0) is 121 Å². The number of benzene rings is 9. The zero-order chi connectivity index (χ0) is 41.2. The minimum atomic E-state index is -0.409. The molecule has 0 atom stereocenters. The Bertz CT molecular complexity index is 3750. The van der Waals surface area contributed by atoms with Crippen LogP contribution in [0.3, 0.4) is 0 Å². The van der Waals surface area contributed by atoms with Gasteiger partial charge in [-0.3, -0.25) is 4.57 Å². The molecule has 0 saturated heterocycles. The van der Waals surface area contributed by atoms with Crippen molar-refractivity contribution in [2.24, 2.45) is 0 Å². The van der Waals surface area contributed by atoms with Crippen molar-refractivity contribution < 1.29 is 4.42 Å². The summed E-state index contributed by atoms with van der Waals surface area (Å²) in [6.07, 6.45) is 0. The lowest BCUT2D eigenvalue weighted by molar-refractivity contribution is 0.666. The van der Waals surface area contributed by atoms with Crippen molar-refractivity contribution in [1.82, 2.24) is 9.55 Å². The number of hydrogen-bond acceptors (Lipinski definition) is 2. The molecule has 3 heterocycles. The van der Waals surface area contributed by atoms with E-state index in [1.165, 1.54) is 55.3 Å². The number of fused-ring (bicyclic) bond motifs is 16. The Morgan fingerprint density at radius 2 is 0.905 bits per heavy atom. The highest BCUT2D eigenvalue weighted by atomic mass is 16.3. The van der Waals surface area contributed by atoms with E-state index in [9.17, 15) is 0 Å². The van der Waals surface area contributed by atoms with E-state index < -0.39 is 5.41 Å². The zero-order valence-electron chi connectivity index (χ0n) is 34.1. The van der Waals surface area contributed by atoms with Crippen molar-refractivity contribution in [1.29, 1.82) is 0 Å². The number of aromatic nitrogens is 2. The summed E-state index contributed by atoms with van der Waals surface area (Å²) in [7, 11) is 0. The molecule has 0 N–H and O–H groups in total. The predicted octanol–water partition coefficient (Wildman–Crippen LogP) is 15.4. The van der Waals surface area contributed by atoms with Gasteiger partial charge in [-0.25, -0.2) is 4.98 Å². The summed E-state index contributed by atoms with van der Waals surface area (Å²) in [5, 5.41) is 4.63. The van der Waals surface area contributed by atoms with Crippen molar-refractivity contribution in [3.8, 4) is 61.6 Å². The summed E-state index contributed by atoms with van der Waals surface area (Å²) in [6, 6.07) is 79.3. The zero-order valence-corrected chi connectivity index (χ0v) is 34.1. The standard InChI is InChI=1S/C60H36N2O/c1-3-15-37(16-4-1)41-32-54(38-17-5-2-6-18-38)61-59(34-41)62-55-26-14-10-22-45(55)48-31-39(28-30-56(48)62)40-27-29-46-49-35-47-44-21-9-13-25-52(44)60(53(47)36-58(49)63-57(46)33-40)50-23-11-7-19-42(50)43-20-8-12-24-51(43)60/h1-36H. The molecule has 0 fully saturated rings. The van der Waals surface area contributed by atoms with Crippen LogP contribution >= 0.6 is 0 Å². The SMILES string of the molecule is c1ccc(-c2cc(-c3ccccc3)nc(-n3c4ccccc4c4cc(-c5ccc6c(c5)oc5cc7c(cc56)-c5ccccc5C75c6ccccc6-c6ccccc65)ccc43)c2)cc1. The second-order valence-corrected chi connectivity index (χ2v) is 17.0. The van der Waals surface area contributed by atoms with Gasteiger partial charge in [0.2, 0.25) is 0 Å². The first kappa shape index (κ1) is 34.4. The van der Waals surface area contributed by atoms with Crippen LogP contribution in [0.2, 0.25) is 0 Å². The first-order valence-corrected chi connectivity index (χ1v) is 21.7. The first-order valence-electron chi connectivity index (χ1n) is 21.7. The molecule has 1 spiro atoms. The Kier molecular flexibility index (Phi) is 7.04. The van der Waals surface area contributed by atoms with E-state index in [0.717, 1.165) is 72.3 Å². The molecule has 0 aliphatic heterocycles. The van der Waals surface area contributed by atoms with E-state index in [0.29, 0.717) is 0 Å². The van der Waals surface area contributed by atoms with Gasteiger partial charge in [0.1, 0.15) is 17.0 Å². The van der Waals surface area contributed by atoms with Crippen LogP contribution in [0.15, 0.2) is 223 Å². The van der Waals surface area contributed by atoms with Gasteiger partial charge in [0, 0.05) is 27.1 Å². The highest BCUT2D eigenvalue weighted by Gasteiger charge is 2.51. The Balaban J connectivity index is 0.927. The third-order valence-electron chi connectivity index (χ3n) is 13.8. The number of rotatable bonds is 4. The van der Waals surface area contributed by atoms with E-state index in [-0.39, 0.29) is 0 Å². The minimum absolute atomic E-state index is 0.409. The molecule has 14 rings (SSSR count). The van der Waals surface area contributed by atoms with Crippen LogP contribution in [-0.2, 0) is 5.41 Å². The van der Waals surface area contributed by atoms with Crippen LogP contribution in [-0.4, -0.2) is 9.55 Å². The molecule has 3 aromatic heterocycles. The maximum atomic E-state index is 6.92. The fourth-order valence-electron chi connectivity index (χ4n) is 11.1. The van der Waals surface area contributed by atoms with Crippen LogP contribution < -0.4 is 0 Å². The average molecular weight is 801 g/mol. The van der Waals surface area contributed by atoms with E-state index in [2.05, 4.69) is 223 Å². The van der Waals surface area contributed by atoms with Crippen molar-refractivity contribution >= 4 is 43.7 Å². The largest absolute Gasteiger partial charge is 0.456 e. The summed E-state index contributed by atoms with van der Waals surface area (Å²) in [6.45, 7) is 0. The Hall–Kier alpha value is -8.27. The van der Waals surface area contributed by atoms with Gasteiger partial charge in [-0.2, -0.15) is 0 Å². The fourth-order valence-corrected chi connectivity index (χ4v) is 11.1. The number of pyridine rings is 1. The quantitative estimate of drug-likeness (QED) is 0.177. The molecular weight excluding hydrogens is 765 g/mol. The molecule has 0 amide bonds. The van der Waals surface area contributed by atoms with Crippen molar-refractivity contribution in [3.63, 3.8) is 0 Å². The van der Waals surface area contributed by atoms with Gasteiger partial charge >= 0.3 is 0 Å². The summed E-state index contributed by atoms with van der Waals surface area (Å²) in [5.74, 6) is 0.888. The van der Waals surface area contributed by atoms with E-state index in [1.54, 1.807) is 0 Å². The van der Waals surface area contributed by atoms with Crippen molar-refractivity contribution in [2.75, 3.05) is 0 Å². The lowest BCUT2D eigenvalue weighted by atomic mass is 9.70. The topological polar surface area (TPSA) is 31.0 Å². The van der Waals surface area contributed by atoms with E-state index in [1.807, 2.05) is 0 Å². The van der Waals surface area contributed by atoms with E-state index in [4.69, 9.17) is 9.40 Å². The molecule has 0 bridgehead atoms. The molecular formula is C60H36N2O. The molecule has 63 heavy (non-hydrogen) atoms. The lowest BCUT2D eigenvalue weighted by Crippen LogP contribution is -2.25. The van der Waals surface area contributed by atoms with Crippen molar-refractivity contribution in [2.45, 2.75) is 5.41 Å². The molecule has 12 aromatic rings. The number of furan rings is 1. The summed E-state index contributed by atoms with van der Waals surface area (Å²) >= 11 is 0. The molecule has 2 aliphatic carbocycles. The van der Waals surface area contributed by atoms with Crippen LogP contribution in [0.25, 0.3) is 105 Å². The molecule has 0 saturated carbocycles. The van der Waals surface area contributed by atoms with Crippen LogP contribution in [0, 0.1) is 0 Å². The molecule has 3 heteroatoms. The summed E-state index contributed by atoms with van der Waals surface area (Å²) < 4.78 is 9.24. The van der Waals surface area contributed by atoms with Crippen LogP contribution in [0.1, 0.15) is 22.3 Å². The Morgan fingerprint density at radius 3 is 1.63 bits per heavy atom. The van der Waals surface area contributed by atoms with Gasteiger partial charge < -0.3 is 4.42 Å². The second-order valence-electron chi connectivity index (χ2n) is 17.0. The van der Waals surface area contributed by atoms with Gasteiger partial charge in [-0.15, -0.1) is 0 Å². The molecule has 3 nitrogen and oxygen atoms in total. The summed E-state index contributed by atoms with van der Waals surface area (Å²) in [4.78, 5) is 5.34. The minimum Gasteiger partial charge on any atom is -0.456 e. The van der Waals surface area contributed by atoms with Crippen LogP contribution in [0.4, 0.5) is 0 Å². The normalized spacial score (nSPS) is 13.2. The Morgan fingerprint density at radius 1 is 0.333 bits per heavy atom. The highest BCUT2D eigenvalue weighted by Crippen LogP contribution is 2.63. The first-order chi connectivity index (χ1) is 31.2. The van der Waals surface area contributed by atoms with Gasteiger partial charge in [-0.1, -0.05) is 164 Å². The molecule has 2 aliphatic rings. The van der Waals surface area contributed by atoms with Gasteiger partial charge in [0.25, 0.3) is 0 Å². The van der Waals surface area contributed by atoms with Gasteiger partial charge in [0.15, 0.2) is 0 Å². The highest BCUT2D eigenvalue weighted by molar-refractivity contribution is 6.12. The molecule has 292 valence electrons. The fraction of sp³-hybridized carbons (Fsp3) is 0.0167. The molecule has 0 radical (unpaired) electrons. The lowest BCUT2D eigenvalue weighted by Gasteiger charge is -2.30. The predicted molar refractivity (Wildman–Crippen MR) is 258 cm³/mol. The number of hydrogen-bond donors (Lipinski definition) is 0. The number of nitrogens with zero attached hydrogens (tertiary/aromatic N) is 2. The van der Waals surface area contributed by atoms with E-state index >= 15 is 0 Å². The van der Waals surface area contributed by atoms with Crippen molar-refractivity contribution in [3.05, 3.63) is 241 Å². The molecule has 0 unspecified atom stereocenters. The summed E-state index contributed by atoms with van der Waals surface area (Å²) in [5.41, 5.74) is 20.7.